The molecular weight excluding hydrogens is 376 g/mol. The van der Waals surface area contributed by atoms with Crippen molar-refractivity contribution in [1.29, 1.82) is 0 Å². The van der Waals surface area contributed by atoms with Crippen molar-refractivity contribution in [3.63, 3.8) is 0 Å². The summed E-state index contributed by atoms with van der Waals surface area (Å²) in [5.41, 5.74) is 3.75. The van der Waals surface area contributed by atoms with Gasteiger partial charge in [0.25, 0.3) is 5.91 Å². The van der Waals surface area contributed by atoms with Crippen molar-refractivity contribution in [1.82, 2.24) is 4.90 Å². The highest BCUT2D eigenvalue weighted by atomic mass is 16.5. The summed E-state index contributed by atoms with van der Waals surface area (Å²) < 4.78 is 10.8. The molecule has 0 aromatic heterocycles. The van der Waals surface area contributed by atoms with E-state index in [1.807, 2.05) is 71.6 Å². The molecule has 0 bridgehead atoms. The van der Waals surface area contributed by atoms with Gasteiger partial charge in [-0.15, -0.1) is 0 Å². The maximum absolute atomic E-state index is 13.4. The largest absolute Gasteiger partial charge is 0.491 e. The first-order valence-electron chi connectivity index (χ1n) is 10.2. The van der Waals surface area contributed by atoms with E-state index in [0.717, 1.165) is 23.4 Å². The summed E-state index contributed by atoms with van der Waals surface area (Å²) in [6, 6.07) is 25.8. The third-order valence-corrected chi connectivity index (χ3v) is 5.24. The number of fused-ring (bicyclic) bond motifs is 1. The van der Waals surface area contributed by atoms with Crippen LogP contribution in [0.25, 0.3) is 0 Å². The number of methoxy groups -OCH3 is 1. The fourth-order valence-corrected chi connectivity index (χ4v) is 3.70. The van der Waals surface area contributed by atoms with Crippen LogP contribution in [0.2, 0.25) is 0 Å². The van der Waals surface area contributed by atoms with Crippen LogP contribution in [-0.4, -0.2) is 37.7 Å². The van der Waals surface area contributed by atoms with Gasteiger partial charge in [-0.3, -0.25) is 4.79 Å². The molecule has 0 fully saturated rings. The number of ether oxygens (including phenoxy) is 2. The van der Waals surface area contributed by atoms with Crippen molar-refractivity contribution in [2.45, 2.75) is 12.6 Å². The molecule has 154 valence electrons. The molecule has 5 heteroatoms. The Morgan fingerprint density at radius 1 is 0.933 bits per heavy atom. The SMILES string of the molecule is COCCOc1cccc(C2Nc3ccccc3C(=O)N2CCc2ccccc2)c1. The van der Waals surface area contributed by atoms with Gasteiger partial charge in [-0.25, -0.2) is 0 Å². The predicted molar refractivity (Wildman–Crippen MR) is 118 cm³/mol. The first kappa shape index (κ1) is 20.0. The van der Waals surface area contributed by atoms with E-state index in [2.05, 4.69) is 17.4 Å². The third-order valence-electron chi connectivity index (χ3n) is 5.24. The molecular formula is C25H26N2O3. The highest BCUT2D eigenvalue weighted by Crippen LogP contribution is 2.34. The second kappa shape index (κ2) is 9.46. The Labute approximate surface area is 177 Å². The molecule has 5 nitrogen and oxygen atoms in total. The van der Waals surface area contributed by atoms with Crippen LogP contribution in [-0.2, 0) is 11.2 Å². The molecule has 1 aliphatic rings. The van der Waals surface area contributed by atoms with E-state index in [9.17, 15) is 4.79 Å². The molecule has 0 saturated carbocycles. The van der Waals surface area contributed by atoms with Crippen LogP contribution in [0, 0.1) is 0 Å². The fraction of sp³-hybridized carbons (Fsp3) is 0.240. The van der Waals surface area contributed by atoms with Gasteiger partial charge in [0, 0.05) is 19.3 Å². The Hall–Kier alpha value is -3.31. The van der Waals surface area contributed by atoms with Crippen molar-refractivity contribution in [3.8, 4) is 5.75 Å². The Morgan fingerprint density at radius 3 is 2.57 bits per heavy atom. The monoisotopic (exact) mass is 402 g/mol. The number of amides is 1. The summed E-state index contributed by atoms with van der Waals surface area (Å²) in [5, 5.41) is 3.55. The molecule has 3 aromatic rings. The lowest BCUT2D eigenvalue weighted by molar-refractivity contribution is 0.0685. The molecule has 3 aromatic carbocycles. The topological polar surface area (TPSA) is 50.8 Å². The van der Waals surface area contributed by atoms with Crippen LogP contribution < -0.4 is 10.1 Å². The number of para-hydroxylation sites is 1. The molecule has 4 rings (SSSR count). The predicted octanol–water partition coefficient (Wildman–Crippen LogP) is 4.52. The van der Waals surface area contributed by atoms with E-state index in [1.54, 1.807) is 7.11 Å². The number of carbonyl (C=O) groups excluding carboxylic acids is 1. The Balaban J connectivity index is 1.61. The smallest absolute Gasteiger partial charge is 0.257 e. The van der Waals surface area contributed by atoms with Crippen molar-refractivity contribution in [3.05, 3.63) is 95.6 Å². The van der Waals surface area contributed by atoms with E-state index >= 15 is 0 Å². The molecule has 1 heterocycles. The average molecular weight is 402 g/mol. The number of hydrogen-bond donors (Lipinski definition) is 1. The normalized spacial score (nSPS) is 15.4. The van der Waals surface area contributed by atoms with Crippen molar-refractivity contribution in [2.75, 3.05) is 32.2 Å². The minimum Gasteiger partial charge on any atom is -0.491 e. The number of carbonyl (C=O) groups is 1. The van der Waals surface area contributed by atoms with Crippen molar-refractivity contribution in [2.24, 2.45) is 0 Å². The first-order chi connectivity index (χ1) is 14.8. The second-order valence-corrected chi connectivity index (χ2v) is 7.24. The zero-order valence-electron chi connectivity index (χ0n) is 17.1. The summed E-state index contributed by atoms with van der Waals surface area (Å²) in [6.45, 7) is 1.63. The van der Waals surface area contributed by atoms with Gasteiger partial charge in [-0.2, -0.15) is 0 Å². The van der Waals surface area contributed by atoms with E-state index in [1.165, 1.54) is 5.56 Å². The molecule has 1 aliphatic heterocycles. The summed E-state index contributed by atoms with van der Waals surface area (Å²) >= 11 is 0. The van der Waals surface area contributed by atoms with Gasteiger partial charge in [0.05, 0.1) is 12.2 Å². The number of nitrogens with zero attached hydrogens (tertiary/aromatic N) is 1. The molecule has 1 unspecified atom stereocenters. The maximum atomic E-state index is 13.4. The standard InChI is InChI=1S/C25H26N2O3/c1-29-16-17-30-21-11-7-10-20(18-21)24-26-23-13-6-5-12-22(23)25(28)27(24)15-14-19-8-3-2-4-9-19/h2-13,18,24,26H,14-17H2,1H3. The van der Waals surface area contributed by atoms with E-state index in [-0.39, 0.29) is 12.1 Å². The minimum absolute atomic E-state index is 0.0379. The fourth-order valence-electron chi connectivity index (χ4n) is 3.70. The van der Waals surface area contributed by atoms with Crippen LogP contribution in [0.15, 0.2) is 78.9 Å². The quantitative estimate of drug-likeness (QED) is 0.563. The molecule has 0 spiro atoms. The van der Waals surface area contributed by atoms with Gasteiger partial charge >= 0.3 is 0 Å². The van der Waals surface area contributed by atoms with Crippen LogP contribution in [0.3, 0.4) is 0 Å². The third kappa shape index (κ3) is 4.47. The maximum Gasteiger partial charge on any atom is 0.257 e. The number of rotatable bonds is 8. The summed E-state index contributed by atoms with van der Waals surface area (Å²) in [7, 11) is 1.65. The van der Waals surface area contributed by atoms with Gasteiger partial charge in [0.1, 0.15) is 18.5 Å². The molecule has 30 heavy (non-hydrogen) atoms. The first-order valence-corrected chi connectivity index (χ1v) is 10.2. The highest BCUT2D eigenvalue weighted by Gasteiger charge is 2.32. The molecule has 0 saturated heterocycles. The minimum atomic E-state index is -0.262. The second-order valence-electron chi connectivity index (χ2n) is 7.24. The number of hydrogen-bond acceptors (Lipinski definition) is 4. The van der Waals surface area contributed by atoms with Crippen molar-refractivity contribution >= 4 is 11.6 Å². The van der Waals surface area contributed by atoms with Gasteiger partial charge in [-0.05, 0) is 41.8 Å². The summed E-state index contributed by atoms with van der Waals surface area (Å²) in [6.07, 6.45) is 0.527. The Bertz CT molecular complexity index is 990. The van der Waals surface area contributed by atoms with Crippen LogP contribution >= 0.6 is 0 Å². The summed E-state index contributed by atoms with van der Waals surface area (Å²) in [4.78, 5) is 15.3. The number of nitrogens with one attached hydrogen (secondary N) is 1. The van der Waals surface area contributed by atoms with Crippen LogP contribution in [0.1, 0.15) is 27.7 Å². The van der Waals surface area contributed by atoms with E-state index < -0.39 is 0 Å². The van der Waals surface area contributed by atoms with Crippen LogP contribution in [0.5, 0.6) is 5.75 Å². The van der Waals surface area contributed by atoms with E-state index in [4.69, 9.17) is 9.47 Å². The van der Waals surface area contributed by atoms with E-state index in [0.29, 0.717) is 25.3 Å². The molecule has 1 amide bonds. The molecule has 1 atom stereocenters. The zero-order valence-corrected chi connectivity index (χ0v) is 17.1. The van der Waals surface area contributed by atoms with Crippen molar-refractivity contribution < 1.29 is 14.3 Å². The Morgan fingerprint density at radius 2 is 1.73 bits per heavy atom. The molecule has 0 radical (unpaired) electrons. The molecule has 1 N–H and O–H groups in total. The lowest BCUT2D eigenvalue weighted by Gasteiger charge is -2.38. The van der Waals surface area contributed by atoms with Gasteiger partial charge < -0.3 is 19.7 Å². The zero-order chi connectivity index (χ0) is 20.8. The van der Waals surface area contributed by atoms with Gasteiger partial charge in [0.15, 0.2) is 0 Å². The highest BCUT2D eigenvalue weighted by molar-refractivity contribution is 6.01. The number of benzene rings is 3. The van der Waals surface area contributed by atoms with Gasteiger partial charge in [-0.1, -0.05) is 54.6 Å². The lowest BCUT2D eigenvalue weighted by Crippen LogP contribution is -2.44. The molecule has 0 aliphatic carbocycles. The Kier molecular flexibility index (Phi) is 6.30. The average Bonchev–Trinajstić information content (AvgIpc) is 2.79. The number of anilines is 1. The van der Waals surface area contributed by atoms with Crippen LogP contribution in [0.4, 0.5) is 5.69 Å². The summed E-state index contributed by atoms with van der Waals surface area (Å²) in [5.74, 6) is 0.802. The lowest BCUT2D eigenvalue weighted by atomic mass is 10.0. The van der Waals surface area contributed by atoms with Gasteiger partial charge in [0.2, 0.25) is 0 Å².